The number of pyridine rings is 1. The molecule has 1 fully saturated rings. The van der Waals surface area contributed by atoms with Crippen molar-refractivity contribution in [1.29, 1.82) is 0 Å². The van der Waals surface area contributed by atoms with Crippen LogP contribution in [-0.2, 0) is 0 Å². The van der Waals surface area contributed by atoms with Crippen LogP contribution in [0.3, 0.4) is 0 Å². The summed E-state index contributed by atoms with van der Waals surface area (Å²) >= 11 is 0. The van der Waals surface area contributed by atoms with Gasteiger partial charge in [0.15, 0.2) is 0 Å². The molecule has 3 heteroatoms. The number of rotatable bonds is 3. The zero-order valence-electron chi connectivity index (χ0n) is 12.2. The number of hydrogen-bond acceptors (Lipinski definition) is 3. The van der Waals surface area contributed by atoms with E-state index in [4.69, 9.17) is 4.74 Å². The Morgan fingerprint density at radius 2 is 2.00 bits per heavy atom. The van der Waals surface area contributed by atoms with Crippen molar-refractivity contribution in [2.45, 2.75) is 38.7 Å². The largest absolute Gasteiger partial charge is 0.474 e. The molecule has 1 aromatic carbocycles. The van der Waals surface area contributed by atoms with E-state index >= 15 is 0 Å². The molecule has 3 nitrogen and oxygen atoms in total. The number of hydrogen-bond donors (Lipinski definition) is 1. The summed E-state index contributed by atoms with van der Waals surface area (Å²) in [6.45, 7) is 6.50. The minimum absolute atomic E-state index is 0.289. The highest BCUT2D eigenvalue weighted by Crippen LogP contribution is 2.28. The maximum atomic E-state index is 6.15. The second-order valence-corrected chi connectivity index (χ2v) is 5.82. The lowest BCUT2D eigenvalue weighted by molar-refractivity contribution is 0.158. The van der Waals surface area contributed by atoms with Crippen LogP contribution in [0.2, 0.25) is 0 Å². The normalized spacial score (nSPS) is 16.8. The number of nitrogens with zero attached hydrogens (tertiary/aromatic N) is 1. The van der Waals surface area contributed by atoms with E-state index in [1.54, 1.807) is 0 Å². The van der Waals surface area contributed by atoms with Gasteiger partial charge in [-0.05, 0) is 54.9 Å². The van der Waals surface area contributed by atoms with Crippen molar-refractivity contribution in [3.8, 4) is 5.88 Å². The molecule has 0 unspecified atom stereocenters. The molecule has 1 N–H and O–H groups in total. The predicted octanol–water partition coefficient (Wildman–Crippen LogP) is 3.49. The van der Waals surface area contributed by atoms with E-state index in [0.29, 0.717) is 5.92 Å². The van der Waals surface area contributed by atoms with Crippen LogP contribution in [0.25, 0.3) is 10.8 Å². The van der Waals surface area contributed by atoms with Gasteiger partial charge in [0.05, 0.1) is 0 Å². The molecule has 0 aliphatic carbocycles. The number of ether oxygens (including phenoxy) is 1. The van der Waals surface area contributed by atoms with Crippen LogP contribution in [0, 0.1) is 0 Å². The van der Waals surface area contributed by atoms with Crippen LogP contribution >= 0.6 is 0 Å². The van der Waals surface area contributed by atoms with E-state index in [9.17, 15) is 0 Å². The molecule has 0 saturated carbocycles. The monoisotopic (exact) mass is 270 g/mol. The lowest BCUT2D eigenvalue weighted by Gasteiger charge is -2.24. The molecule has 1 aliphatic heterocycles. The van der Waals surface area contributed by atoms with Crippen LogP contribution in [0.15, 0.2) is 30.5 Å². The smallest absolute Gasteiger partial charge is 0.221 e. The topological polar surface area (TPSA) is 34.1 Å². The highest BCUT2D eigenvalue weighted by Gasteiger charge is 2.16. The second-order valence-electron chi connectivity index (χ2n) is 5.82. The Kier molecular flexibility index (Phi) is 3.88. The number of benzene rings is 1. The molecule has 0 amide bonds. The van der Waals surface area contributed by atoms with Gasteiger partial charge in [-0.1, -0.05) is 26.0 Å². The first-order valence-electron chi connectivity index (χ1n) is 7.50. The van der Waals surface area contributed by atoms with Crippen LogP contribution in [0.1, 0.15) is 38.2 Å². The lowest BCUT2D eigenvalue weighted by Crippen LogP contribution is -2.34. The van der Waals surface area contributed by atoms with Crippen molar-refractivity contribution >= 4 is 10.8 Å². The first-order valence-corrected chi connectivity index (χ1v) is 7.50. The van der Waals surface area contributed by atoms with Crippen LogP contribution in [-0.4, -0.2) is 24.2 Å². The third-order valence-corrected chi connectivity index (χ3v) is 3.98. The van der Waals surface area contributed by atoms with Gasteiger partial charge in [-0.15, -0.1) is 0 Å². The third-order valence-electron chi connectivity index (χ3n) is 3.98. The molecule has 0 bridgehead atoms. The molecule has 106 valence electrons. The van der Waals surface area contributed by atoms with Crippen LogP contribution < -0.4 is 10.1 Å². The summed E-state index contributed by atoms with van der Waals surface area (Å²) in [7, 11) is 0. The van der Waals surface area contributed by atoms with Crippen molar-refractivity contribution in [2.75, 3.05) is 13.1 Å². The van der Waals surface area contributed by atoms with Gasteiger partial charge in [-0.3, -0.25) is 0 Å². The van der Waals surface area contributed by atoms with E-state index in [0.717, 1.165) is 37.2 Å². The zero-order chi connectivity index (χ0) is 13.9. The molecular formula is C17H22N2O. The van der Waals surface area contributed by atoms with Gasteiger partial charge in [0.25, 0.3) is 0 Å². The van der Waals surface area contributed by atoms with Gasteiger partial charge < -0.3 is 10.1 Å². The summed E-state index contributed by atoms with van der Waals surface area (Å²) in [5.74, 6) is 1.31. The van der Waals surface area contributed by atoms with Gasteiger partial charge >= 0.3 is 0 Å². The molecule has 1 aliphatic rings. The fourth-order valence-corrected chi connectivity index (χ4v) is 2.68. The fourth-order valence-electron chi connectivity index (χ4n) is 2.68. The zero-order valence-corrected chi connectivity index (χ0v) is 12.2. The Labute approximate surface area is 120 Å². The van der Waals surface area contributed by atoms with Crippen LogP contribution in [0.5, 0.6) is 5.88 Å². The van der Waals surface area contributed by atoms with Crippen LogP contribution in [0.4, 0.5) is 0 Å². The minimum atomic E-state index is 0.289. The molecule has 3 rings (SSSR count). The van der Waals surface area contributed by atoms with E-state index < -0.39 is 0 Å². The minimum Gasteiger partial charge on any atom is -0.474 e. The summed E-state index contributed by atoms with van der Waals surface area (Å²) in [4.78, 5) is 4.46. The van der Waals surface area contributed by atoms with E-state index in [-0.39, 0.29) is 6.10 Å². The molecule has 1 saturated heterocycles. The van der Waals surface area contributed by atoms with Crippen molar-refractivity contribution < 1.29 is 4.74 Å². The Bertz CT molecular complexity index is 589. The molecule has 0 spiro atoms. The molecular weight excluding hydrogens is 248 g/mol. The molecule has 20 heavy (non-hydrogen) atoms. The Morgan fingerprint density at radius 3 is 2.75 bits per heavy atom. The van der Waals surface area contributed by atoms with E-state index in [2.05, 4.69) is 48.4 Å². The van der Waals surface area contributed by atoms with Gasteiger partial charge in [0.2, 0.25) is 5.88 Å². The van der Waals surface area contributed by atoms with Crippen molar-refractivity contribution in [3.05, 3.63) is 36.0 Å². The summed E-state index contributed by atoms with van der Waals surface area (Å²) in [5, 5.41) is 5.70. The van der Waals surface area contributed by atoms with Crippen molar-refractivity contribution in [3.63, 3.8) is 0 Å². The summed E-state index contributed by atoms with van der Waals surface area (Å²) < 4.78 is 6.15. The number of aromatic nitrogens is 1. The number of fused-ring (bicyclic) bond motifs is 1. The van der Waals surface area contributed by atoms with Gasteiger partial charge in [0, 0.05) is 11.6 Å². The summed E-state index contributed by atoms with van der Waals surface area (Å²) in [6, 6.07) is 8.64. The number of piperidine rings is 1. The first kappa shape index (κ1) is 13.4. The third kappa shape index (κ3) is 2.78. The van der Waals surface area contributed by atoms with E-state index in [1.807, 2.05) is 6.20 Å². The van der Waals surface area contributed by atoms with Gasteiger partial charge in [0.1, 0.15) is 6.10 Å². The highest BCUT2D eigenvalue weighted by molar-refractivity contribution is 5.87. The standard InChI is InChI=1S/C17H22N2O/c1-12(2)14-4-3-13-5-10-19-17(16(13)11-14)20-15-6-8-18-9-7-15/h3-5,10-12,15,18H,6-9H2,1-2H3. The Morgan fingerprint density at radius 1 is 1.20 bits per heavy atom. The molecule has 2 aromatic rings. The average Bonchev–Trinajstić information content (AvgIpc) is 2.48. The average molecular weight is 270 g/mol. The predicted molar refractivity (Wildman–Crippen MR) is 82.4 cm³/mol. The maximum Gasteiger partial charge on any atom is 0.221 e. The van der Waals surface area contributed by atoms with Crippen molar-refractivity contribution in [2.24, 2.45) is 0 Å². The number of nitrogens with one attached hydrogen (secondary N) is 1. The van der Waals surface area contributed by atoms with Gasteiger partial charge in [-0.2, -0.15) is 0 Å². The SMILES string of the molecule is CC(C)c1ccc2ccnc(OC3CCNCC3)c2c1. The first-order chi connectivity index (χ1) is 9.74. The molecule has 2 heterocycles. The Balaban J connectivity index is 1.94. The Hall–Kier alpha value is -1.61. The quantitative estimate of drug-likeness (QED) is 0.927. The molecule has 0 radical (unpaired) electrons. The maximum absolute atomic E-state index is 6.15. The lowest BCUT2D eigenvalue weighted by atomic mass is 10.00. The molecule has 1 aromatic heterocycles. The summed E-state index contributed by atoms with van der Waals surface area (Å²) in [5.41, 5.74) is 1.33. The van der Waals surface area contributed by atoms with E-state index in [1.165, 1.54) is 10.9 Å². The highest BCUT2D eigenvalue weighted by atomic mass is 16.5. The van der Waals surface area contributed by atoms with Crippen molar-refractivity contribution in [1.82, 2.24) is 10.3 Å². The second kappa shape index (κ2) is 5.80. The fraction of sp³-hybridized carbons (Fsp3) is 0.471. The summed E-state index contributed by atoms with van der Waals surface area (Å²) in [6.07, 6.45) is 4.24. The molecule has 0 atom stereocenters. The van der Waals surface area contributed by atoms with Gasteiger partial charge in [-0.25, -0.2) is 4.98 Å².